The molecule has 24 heavy (non-hydrogen) atoms. The fourth-order valence-electron chi connectivity index (χ4n) is 2.40. The average Bonchev–Trinajstić information content (AvgIpc) is 3.04. The van der Waals surface area contributed by atoms with Crippen molar-refractivity contribution in [3.63, 3.8) is 0 Å². The van der Waals surface area contributed by atoms with Crippen LogP contribution >= 0.6 is 0 Å². The molecule has 1 aliphatic rings. The van der Waals surface area contributed by atoms with Crippen molar-refractivity contribution < 1.29 is 18.3 Å². The summed E-state index contributed by atoms with van der Waals surface area (Å²) >= 11 is 0. The fourth-order valence-corrected chi connectivity index (χ4v) is 2.40. The largest absolute Gasteiger partial charge is 0.486 e. The highest BCUT2D eigenvalue weighted by Gasteiger charge is 2.13. The number of anilines is 2. The van der Waals surface area contributed by atoms with Crippen LogP contribution in [0.25, 0.3) is 0 Å². The molecule has 0 spiro atoms. The molecule has 3 aromatic rings. The second-order valence-electron chi connectivity index (χ2n) is 5.29. The summed E-state index contributed by atoms with van der Waals surface area (Å²) in [7, 11) is 0. The third kappa shape index (κ3) is 3.15. The summed E-state index contributed by atoms with van der Waals surface area (Å²) in [6.45, 7) is 1.08. The lowest BCUT2D eigenvalue weighted by atomic mass is 10.1. The van der Waals surface area contributed by atoms with Crippen molar-refractivity contribution in [2.45, 2.75) is 6.42 Å². The molecule has 0 saturated carbocycles. The Morgan fingerprint density at radius 3 is 2.58 bits per heavy atom. The monoisotopic (exact) mass is 327 g/mol. The molecule has 2 heterocycles. The molecule has 0 saturated heterocycles. The number of rotatable bonds is 4. The molecule has 0 bridgehead atoms. The molecule has 0 amide bonds. The third-order valence-electron chi connectivity index (χ3n) is 3.53. The molecule has 0 fully saturated rings. The Balaban J connectivity index is 1.46. The highest BCUT2D eigenvalue weighted by molar-refractivity contribution is 5.59. The minimum atomic E-state index is -0.273. The zero-order chi connectivity index (χ0) is 16.4. The molecule has 1 aromatic heterocycles. The molecule has 7 heteroatoms. The van der Waals surface area contributed by atoms with E-state index < -0.39 is 0 Å². The summed E-state index contributed by atoms with van der Waals surface area (Å²) in [6, 6.07) is 12.0. The van der Waals surface area contributed by atoms with E-state index in [4.69, 9.17) is 13.9 Å². The average molecular weight is 327 g/mol. The van der Waals surface area contributed by atoms with Gasteiger partial charge in [-0.3, -0.25) is 0 Å². The minimum Gasteiger partial charge on any atom is -0.486 e. The highest BCUT2D eigenvalue weighted by Crippen LogP contribution is 2.33. The molecule has 6 nitrogen and oxygen atoms in total. The summed E-state index contributed by atoms with van der Waals surface area (Å²) in [5.41, 5.74) is 1.65. The van der Waals surface area contributed by atoms with E-state index in [2.05, 4.69) is 15.5 Å². The third-order valence-corrected chi connectivity index (χ3v) is 3.53. The van der Waals surface area contributed by atoms with Gasteiger partial charge in [0, 0.05) is 11.8 Å². The number of nitrogens with one attached hydrogen (secondary N) is 1. The van der Waals surface area contributed by atoms with E-state index in [1.165, 1.54) is 12.1 Å². The highest BCUT2D eigenvalue weighted by atomic mass is 19.1. The topological polar surface area (TPSA) is 69.4 Å². The Hall–Kier alpha value is -3.09. The zero-order valence-corrected chi connectivity index (χ0v) is 12.7. The number of nitrogens with zero attached hydrogens (tertiary/aromatic N) is 2. The number of aromatic nitrogens is 2. The lowest BCUT2D eigenvalue weighted by Crippen LogP contribution is -2.15. The molecule has 1 N–H and O–H groups in total. The number of ether oxygens (including phenoxy) is 2. The fraction of sp³-hybridized carbons (Fsp3) is 0.176. The van der Waals surface area contributed by atoms with Gasteiger partial charge < -0.3 is 19.2 Å². The normalized spacial score (nSPS) is 12.9. The number of hydrogen-bond donors (Lipinski definition) is 1. The van der Waals surface area contributed by atoms with Crippen LogP contribution in [0.2, 0.25) is 0 Å². The second kappa shape index (κ2) is 6.19. The second-order valence-corrected chi connectivity index (χ2v) is 5.29. The van der Waals surface area contributed by atoms with Crippen LogP contribution in [0.3, 0.4) is 0 Å². The van der Waals surface area contributed by atoms with Gasteiger partial charge in [0.25, 0.3) is 0 Å². The van der Waals surface area contributed by atoms with Gasteiger partial charge in [-0.05, 0) is 29.8 Å². The molecule has 0 radical (unpaired) electrons. The quantitative estimate of drug-likeness (QED) is 0.793. The predicted octanol–water partition coefficient (Wildman–Crippen LogP) is 3.31. The van der Waals surface area contributed by atoms with Gasteiger partial charge in [-0.15, -0.1) is 5.10 Å². The van der Waals surface area contributed by atoms with Gasteiger partial charge in [-0.2, -0.15) is 0 Å². The standard InChI is InChI=1S/C17H14FN3O3/c18-12-3-1-11(2-4-12)9-16-20-21-17(24-16)19-13-5-6-14-15(10-13)23-8-7-22-14/h1-6,10H,7-9H2,(H,19,21). The predicted molar refractivity (Wildman–Crippen MR) is 84.2 cm³/mol. The first kappa shape index (κ1) is 14.5. The number of benzene rings is 2. The van der Waals surface area contributed by atoms with Gasteiger partial charge in [0.1, 0.15) is 19.0 Å². The molecular formula is C17H14FN3O3. The molecule has 0 atom stereocenters. The van der Waals surface area contributed by atoms with Crippen LogP contribution in [-0.4, -0.2) is 23.4 Å². The van der Waals surface area contributed by atoms with Crippen molar-refractivity contribution in [2.24, 2.45) is 0 Å². The smallest absolute Gasteiger partial charge is 0.320 e. The van der Waals surface area contributed by atoms with Crippen LogP contribution < -0.4 is 14.8 Å². The molecule has 4 rings (SSSR count). The minimum absolute atomic E-state index is 0.273. The summed E-state index contributed by atoms with van der Waals surface area (Å²) in [5.74, 6) is 1.57. The van der Waals surface area contributed by atoms with Gasteiger partial charge in [0.2, 0.25) is 5.89 Å². The lowest BCUT2D eigenvalue weighted by Gasteiger charge is -2.18. The van der Waals surface area contributed by atoms with E-state index in [-0.39, 0.29) is 11.8 Å². The van der Waals surface area contributed by atoms with E-state index in [1.807, 2.05) is 18.2 Å². The van der Waals surface area contributed by atoms with E-state index >= 15 is 0 Å². The van der Waals surface area contributed by atoms with Crippen LogP contribution in [0.15, 0.2) is 46.9 Å². The Kier molecular flexibility index (Phi) is 3.74. The summed E-state index contributed by atoms with van der Waals surface area (Å²) in [6.07, 6.45) is 0.441. The van der Waals surface area contributed by atoms with Crippen molar-refractivity contribution in [3.8, 4) is 11.5 Å². The van der Waals surface area contributed by atoms with Crippen LogP contribution in [0, 0.1) is 5.82 Å². The maximum absolute atomic E-state index is 12.9. The van der Waals surface area contributed by atoms with Crippen LogP contribution in [0.4, 0.5) is 16.1 Å². The van der Waals surface area contributed by atoms with E-state index in [1.54, 1.807) is 12.1 Å². The SMILES string of the molecule is Fc1ccc(Cc2nnc(Nc3ccc4c(c3)OCCO4)o2)cc1. The van der Waals surface area contributed by atoms with Gasteiger partial charge in [0.05, 0.1) is 6.42 Å². The molecule has 0 aliphatic carbocycles. The summed E-state index contributed by atoms with van der Waals surface area (Å²) in [4.78, 5) is 0. The molecule has 2 aromatic carbocycles. The summed E-state index contributed by atoms with van der Waals surface area (Å²) in [5, 5.41) is 11.0. The number of hydrogen-bond acceptors (Lipinski definition) is 6. The van der Waals surface area contributed by atoms with Crippen molar-refractivity contribution in [1.29, 1.82) is 0 Å². The van der Waals surface area contributed by atoms with E-state index in [9.17, 15) is 4.39 Å². The lowest BCUT2D eigenvalue weighted by molar-refractivity contribution is 0.171. The molecular weight excluding hydrogens is 313 g/mol. The van der Waals surface area contributed by atoms with Crippen molar-refractivity contribution in [1.82, 2.24) is 10.2 Å². The molecule has 122 valence electrons. The van der Waals surface area contributed by atoms with Gasteiger partial charge in [-0.25, -0.2) is 4.39 Å². The van der Waals surface area contributed by atoms with E-state index in [0.29, 0.717) is 37.0 Å². The maximum atomic E-state index is 12.9. The number of fused-ring (bicyclic) bond motifs is 1. The number of halogens is 1. The Morgan fingerprint density at radius 1 is 0.958 bits per heavy atom. The van der Waals surface area contributed by atoms with Crippen LogP contribution in [0.1, 0.15) is 11.5 Å². The maximum Gasteiger partial charge on any atom is 0.320 e. The molecule has 1 aliphatic heterocycles. The van der Waals surface area contributed by atoms with Crippen LogP contribution in [-0.2, 0) is 6.42 Å². The first-order chi connectivity index (χ1) is 11.8. The Morgan fingerprint density at radius 2 is 1.75 bits per heavy atom. The van der Waals surface area contributed by atoms with Gasteiger partial charge >= 0.3 is 6.01 Å². The first-order valence-electron chi connectivity index (χ1n) is 7.50. The van der Waals surface area contributed by atoms with Gasteiger partial charge in [0.15, 0.2) is 11.5 Å². The zero-order valence-electron chi connectivity index (χ0n) is 12.7. The van der Waals surface area contributed by atoms with Crippen molar-refractivity contribution >= 4 is 11.7 Å². The molecule has 0 unspecified atom stereocenters. The Labute approximate surface area is 137 Å². The van der Waals surface area contributed by atoms with Crippen molar-refractivity contribution in [3.05, 3.63) is 59.7 Å². The van der Waals surface area contributed by atoms with Gasteiger partial charge in [-0.1, -0.05) is 17.2 Å². The van der Waals surface area contributed by atoms with E-state index in [0.717, 1.165) is 11.3 Å². The summed E-state index contributed by atoms with van der Waals surface area (Å²) < 4.78 is 29.5. The van der Waals surface area contributed by atoms with Crippen LogP contribution in [0.5, 0.6) is 11.5 Å². The Bertz CT molecular complexity index is 849. The van der Waals surface area contributed by atoms with Crippen molar-refractivity contribution in [2.75, 3.05) is 18.5 Å². The first-order valence-corrected chi connectivity index (χ1v) is 7.50.